The Hall–Kier alpha value is -3.34. The van der Waals surface area contributed by atoms with Crippen molar-refractivity contribution >= 4 is 24.2 Å². The van der Waals surface area contributed by atoms with Gasteiger partial charge in [0.15, 0.2) is 11.5 Å². The zero-order valence-electron chi connectivity index (χ0n) is 23.9. The standard InChI is InChI=1S/C28H43NO10/c1-8-11-16(4)35-27(33)38-21-14-13-20(15-22(21)39-28(34)36-17(5)12-9-2)24(25(29)26(31)32)18(6)19(7)37-23(30)10-3/h13-19,24-25H,8-12,29H2,1-7H3,(H,31,32)/t16?,17?,18?,19?,24?,25-/m0/s1. The SMILES string of the molecule is CCCC(C)OC(=O)Oc1ccc(C(C(C)C(C)OC(=O)CC)[C@H](N)C(=O)O)cc1OC(=O)OC(C)CCC. The number of rotatable bonds is 15. The van der Waals surface area contributed by atoms with Gasteiger partial charge in [-0.3, -0.25) is 9.59 Å². The summed E-state index contributed by atoms with van der Waals surface area (Å²) in [4.78, 5) is 48.7. The van der Waals surface area contributed by atoms with Crippen molar-refractivity contribution in [3.05, 3.63) is 23.8 Å². The molecule has 39 heavy (non-hydrogen) atoms. The normalized spacial score (nSPS) is 15.6. The lowest BCUT2D eigenvalue weighted by atomic mass is 9.79. The molecule has 1 aromatic carbocycles. The molecule has 0 amide bonds. The molecule has 0 saturated heterocycles. The van der Waals surface area contributed by atoms with Gasteiger partial charge in [-0.1, -0.05) is 46.6 Å². The van der Waals surface area contributed by atoms with Crippen molar-refractivity contribution in [3.63, 3.8) is 0 Å². The van der Waals surface area contributed by atoms with Crippen molar-refractivity contribution in [1.82, 2.24) is 0 Å². The summed E-state index contributed by atoms with van der Waals surface area (Å²) in [6.45, 7) is 12.3. The number of esters is 1. The first-order chi connectivity index (χ1) is 18.3. The maximum Gasteiger partial charge on any atom is 0.514 e. The van der Waals surface area contributed by atoms with Crippen LogP contribution < -0.4 is 15.2 Å². The highest BCUT2D eigenvalue weighted by atomic mass is 16.7. The fraction of sp³-hybridized carbons (Fsp3) is 0.643. The first kappa shape index (κ1) is 33.7. The molecule has 220 valence electrons. The Bertz CT molecular complexity index is 966. The topological polar surface area (TPSA) is 161 Å². The zero-order valence-corrected chi connectivity index (χ0v) is 23.9. The lowest BCUT2D eigenvalue weighted by molar-refractivity contribution is -0.150. The number of carboxylic acids is 1. The monoisotopic (exact) mass is 553 g/mol. The second kappa shape index (κ2) is 16.6. The number of carbonyl (C=O) groups is 4. The van der Waals surface area contributed by atoms with Gasteiger partial charge in [-0.15, -0.1) is 0 Å². The molecule has 0 fully saturated rings. The van der Waals surface area contributed by atoms with E-state index in [0.29, 0.717) is 18.4 Å². The van der Waals surface area contributed by atoms with E-state index in [1.165, 1.54) is 18.2 Å². The Morgan fingerprint density at radius 1 is 0.821 bits per heavy atom. The third-order valence-electron chi connectivity index (χ3n) is 6.31. The number of aliphatic carboxylic acids is 1. The van der Waals surface area contributed by atoms with E-state index < -0.39 is 60.4 Å². The smallest absolute Gasteiger partial charge is 0.480 e. The van der Waals surface area contributed by atoms with Crippen LogP contribution in [0.4, 0.5) is 9.59 Å². The minimum absolute atomic E-state index is 0.131. The number of benzene rings is 1. The summed E-state index contributed by atoms with van der Waals surface area (Å²) in [6.07, 6.45) is -0.521. The molecular weight excluding hydrogens is 510 g/mol. The minimum atomic E-state index is -1.39. The highest BCUT2D eigenvalue weighted by Crippen LogP contribution is 2.37. The third-order valence-corrected chi connectivity index (χ3v) is 6.31. The average Bonchev–Trinajstić information content (AvgIpc) is 2.85. The van der Waals surface area contributed by atoms with Gasteiger partial charge >= 0.3 is 24.2 Å². The molecule has 5 unspecified atom stereocenters. The van der Waals surface area contributed by atoms with E-state index >= 15 is 0 Å². The van der Waals surface area contributed by atoms with Crippen molar-refractivity contribution in [3.8, 4) is 11.5 Å². The van der Waals surface area contributed by atoms with Gasteiger partial charge in [0, 0.05) is 18.3 Å². The van der Waals surface area contributed by atoms with Crippen molar-refractivity contribution < 1.29 is 48.0 Å². The van der Waals surface area contributed by atoms with Crippen molar-refractivity contribution in [2.75, 3.05) is 0 Å². The molecule has 6 atom stereocenters. The van der Waals surface area contributed by atoms with Crippen LogP contribution in [0.15, 0.2) is 18.2 Å². The largest absolute Gasteiger partial charge is 0.514 e. The van der Waals surface area contributed by atoms with E-state index in [1.807, 2.05) is 13.8 Å². The molecule has 0 radical (unpaired) electrons. The van der Waals surface area contributed by atoms with Gasteiger partial charge in [-0.25, -0.2) is 9.59 Å². The highest BCUT2D eigenvalue weighted by Gasteiger charge is 2.36. The highest BCUT2D eigenvalue weighted by molar-refractivity contribution is 5.75. The van der Waals surface area contributed by atoms with E-state index in [2.05, 4.69) is 0 Å². The van der Waals surface area contributed by atoms with E-state index in [9.17, 15) is 24.3 Å². The molecule has 0 aliphatic carbocycles. The molecule has 0 bridgehead atoms. The Balaban J connectivity index is 3.44. The summed E-state index contributed by atoms with van der Waals surface area (Å²) in [6, 6.07) is 2.84. The first-order valence-electron chi connectivity index (χ1n) is 13.4. The first-order valence-corrected chi connectivity index (χ1v) is 13.4. The van der Waals surface area contributed by atoms with Crippen LogP contribution in [0.2, 0.25) is 0 Å². The number of hydrogen-bond acceptors (Lipinski definition) is 10. The summed E-state index contributed by atoms with van der Waals surface area (Å²) >= 11 is 0. The van der Waals surface area contributed by atoms with Gasteiger partial charge in [0.05, 0.1) is 0 Å². The lowest BCUT2D eigenvalue weighted by Crippen LogP contribution is -2.42. The number of hydrogen-bond donors (Lipinski definition) is 2. The molecule has 0 heterocycles. The predicted octanol–water partition coefficient (Wildman–Crippen LogP) is 5.57. The van der Waals surface area contributed by atoms with Gasteiger partial charge in [0.1, 0.15) is 24.4 Å². The van der Waals surface area contributed by atoms with E-state index in [0.717, 1.165) is 12.8 Å². The number of carboxylic acid groups (broad SMARTS) is 1. The van der Waals surface area contributed by atoms with Crippen LogP contribution in [0.25, 0.3) is 0 Å². The van der Waals surface area contributed by atoms with Crippen LogP contribution in [0, 0.1) is 5.92 Å². The van der Waals surface area contributed by atoms with Crippen LogP contribution >= 0.6 is 0 Å². The van der Waals surface area contributed by atoms with Crippen LogP contribution in [0.1, 0.15) is 92.1 Å². The van der Waals surface area contributed by atoms with Gasteiger partial charge in [0.2, 0.25) is 0 Å². The van der Waals surface area contributed by atoms with Crippen LogP contribution in [0.5, 0.6) is 11.5 Å². The molecular formula is C28H43NO10. The Morgan fingerprint density at radius 2 is 1.33 bits per heavy atom. The molecule has 11 heteroatoms. The summed E-state index contributed by atoms with van der Waals surface area (Å²) in [5, 5.41) is 9.71. The van der Waals surface area contributed by atoms with Crippen LogP contribution in [-0.2, 0) is 23.8 Å². The van der Waals surface area contributed by atoms with Crippen molar-refractivity contribution in [2.45, 2.75) is 111 Å². The second-order valence-corrected chi connectivity index (χ2v) is 9.64. The predicted molar refractivity (Wildman–Crippen MR) is 143 cm³/mol. The fourth-order valence-corrected chi connectivity index (χ4v) is 4.06. The second-order valence-electron chi connectivity index (χ2n) is 9.64. The van der Waals surface area contributed by atoms with E-state index in [4.69, 9.17) is 29.4 Å². The minimum Gasteiger partial charge on any atom is -0.480 e. The van der Waals surface area contributed by atoms with Gasteiger partial charge in [-0.2, -0.15) is 0 Å². The summed E-state index contributed by atoms with van der Waals surface area (Å²) in [5.74, 6) is -3.45. The molecule has 0 spiro atoms. The Kier molecular flexibility index (Phi) is 14.3. The van der Waals surface area contributed by atoms with Gasteiger partial charge < -0.3 is 34.5 Å². The molecule has 0 aliphatic rings. The quantitative estimate of drug-likeness (QED) is 0.159. The maximum absolute atomic E-state index is 12.5. The van der Waals surface area contributed by atoms with Crippen molar-refractivity contribution in [1.29, 1.82) is 0 Å². The molecule has 11 nitrogen and oxygen atoms in total. The summed E-state index contributed by atoms with van der Waals surface area (Å²) in [7, 11) is 0. The molecule has 3 N–H and O–H groups in total. The summed E-state index contributed by atoms with van der Waals surface area (Å²) in [5.41, 5.74) is 6.43. The van der Waals surface area contributed by atoms with Crippen LogP contribution in [0.3, 0.4) is 0 Å². The fourth-order valence-electron chi connectivity index (χ4n) is 4.06. The zero-order chi connectivity index (χ0) is 29.7. The average molecular weight is 554 g/mol. The molecule has 0 aliphatic heterocycles. The molecule has 1 rings (SSSR count). The molecule has 0 aromatic heterocycles. The molecule has 1 aromatic rings. The van der Waals surface area contributed by atoms with Crippen LogP contribution in [-0.4, -0.2) is 53.7 Å². The van der Waals surface area contributed by atoms with E-state index in [1.54, 1.807) is 34.6 Å². The van der Waals surface area contributed by atoms with Crippen molar-refractivity contribution in [2.24, 2.45) is 11.7 Å². The van der Waals surface area contributed by atoms with Gasteiger partial charge in [-0.05, 0) is 51.3 Å². The van der Waals surface area contributed by atoms with E-state index in [-0.39, 0.29) is 17.9 Å². The Labute approximate surface area is 230 Å². The third kappa shape index (κ3) is 11.1. The number of ether oxygens (including phenoxy) is 5. The number of nitrogens with two attached hydrogens (primary N) is 1. The molecule has 0 saturated carbocycles. The summed E-state index contributed by atoms with van der Waals surface area (Å²) < 4.78 is 26.6. The maximum atomic E-state index is 12.5. The number of carbonyl (C=O) groups excluding carboxylic acids is 3. The Morgan fingerprint density at radius 3 is 1.79 bits per heavy atom. The van der Waals surface area contributed by atoms with Gasteiger partial charge in [0.25, 0.3) is 0 Å². The lowest BCUT2D eigenvalue weighted by Gasteiger charge is -2.31.